The number of carbonyl (C=O) groups excluding carboxylic acids is 2. The van der Waals surface area contributed by atoms with E-state index in [0.717, 1.165) is 12.0 Å². The molecule has 0 unspecified atom stereocenters. The third kappa shape index (κ3) is 5.43. The predicted molar refractivity (Wildman–Crippen MR) is 87.9 cm³/mol. The van der Waals surface area contributed by atoms with Crippen molar-refractivity contribution in [2.75, 3.05) is 17.2 Å². The van der Waals surface area contributed by atoms with Crippen molar-refractivity contribution in [2.45, 2.75) is 13.3 Å². The molecule has 3 N–H and O–H groups in total. The third-order valence-electron chi connectivity index (χ3n) is 3.08. The molecule has 0 aliphatic rings. The second kappa shape index (κ2) is 7.93. The number of anilines is 2. The van der Waals surface area contributed by atoms with Crippen LogP contribution in [0.15, 0.2) is 48.5 Å². The Morgan fingerprint density at radius 2 is 1.78 bits per heavy atom. The zero-order valence-electron chi connectivity index (χ0n) is 12.7. The molecule has 0 heterocycles. The summed E-state index contributed by atoms with van der Waals surface area (Å²) < 4.78 is 13.5. The molecule has 0 aromatic heterocycles. The Bertz CT molecular complexity index is 689. The normalized spacial score (nSPS) is 10.0. The van der Waals surface area contributed by atoms with Crippen LogP contribution < -0.4 is 16.0 Å². The van der Waals surface area contributed by atoms with Crippen LogP contribution in [0.1, 0.15) is 12.5 Å². The summed E-state index contributed by atoms with van der Waals surface area (Å²) in [6.45, 7) is 1.77. The van der Waals surface area contributed by atoms with Gasteiger partial charge in [0.1, 0.15) is 5.82 Å². The monoisotopic (exact) mass is 315 g/mol. The molecule has 0 radical (unpaired) electrons. The van der Waals surface area contributed by atoms with Crippen molar-refractivity contribution in [2.24, 2.45) is 0 Å². The lowest BCUT2D eigenvalue weighted by Gasteiger charge is -2.10. The van der Waals surface area contributed by atoms with Crippen molar-refractivity contribution in [3.05, 3.63) is 59.9 Å². The number of hydrogen-bond acceptors (Lipinski definition) is 2. The summed E-state index contributed by atoms with van der Waals surface area (Å²) in [7, 11) is 0. The van der Waals surface area contributed by atoms with Gasteiger partial charge < -0.3 is 16.0 Å². The molecule has 0 aliphatic carbocycles. The Kier molecular flexibility index (Phi) is 5.68. The van der Waals surface area contributed by atoms with E-state index in [9.17, 15) is 14.0 Å². The van der Waals surface area contributed by atoms with Gasteiger partial charge in [0.25, 0.3) is 0 Å². The maximum atomic E-state index is 13.5. The molecule has 3 amide bonds. The summed E-state index contributed by atoms with van der Waals surface area (Å²) >= 11 is 0. The van der Waals surface area contributed by atoms with E-state index >= 15 is 0 Å². The Balaban J connectivity index is 1.86. The zero-order chi connectivity index (χ0) is 16.7. The maximum absolute atomic E-state index is 13.5. The second-order valence-electron chi connectivity index (χ2n) is 4.99. The molecule has 0 saturated heterocycles. The van der Waals surface area contributed by atoms with Gasteiger partial charge in [0.05, 0.1) is 5.69 Å². The van der Waals surface area contributed by atoms with Gasteiger partial charge in [0.2, 0.25) is 5.91 Å². The Hall–Kier alpha value is -2.89. The van der Waals surface area contributed by atoms with Crippen LogP contribution in [0.25, 0.3) is 0 Å². The van der Waals surface area contributed by atoms with Gasteiger partial charge in [-0.05, 0) is 30.2 Å². The SMILES string of the molecule is CC(=O)Nc1cc(NC(=O)NCCc2ccccc2)ccc1F. The molecule has 2 rings (SSSR count). The van der Waals surface area contributed by atoms with Crippen LogP contribution in [-0.2, 0) is 11.2 Å². The van der Waals surface area contributed by atoms with Gasteiger partial charge >= 0.3 is 6.03 Å². The zero-order valence-corrected chi connectivity index (χ0v) is 12.7. The third-order valence-corrected chi connectivity index (χ3v) is 3.08. The topological polar surface area (TPSA) is 70.2 Å². The molecule has 0 spiro atoms. The highest BCUT2D eigenvalue weighted by Crippen LogP contribution is 2.19. The summed E-state index contributed by atoms with van der Waals surface area (Å²) in [5, 5.41) is 7.69. The largest absolute Gasteiger partial charge is 0.338 e. The van der Waals surface area contributed by atoms with Crippen molar-refractivity contribution in [1.29, 1.82) is 0 Å². The summed E-state index contributed by atoms with van der Waals surface area (Å²) in [5.74, 6) is -0.941. The minimum atomic E-state index is -0.560. The maximum Gasteiger partial charge on any atom is 0.319 e. The molecule has 5 nitrogen and oxygen atoms in total. The first kappa shape index (κ1) is 16.5. The first-order chi connectivity index (χ1) is 11.0. The number of urea groups is 1. The van der Waals surface area contributed by atoms with Crippen LogP contribution in [0.3, 0.4) is 0 Å². The highest BCUT2D eigenvalue weighted by molar-refractivity contribution is 5.92. The molecule has 0 atom stereocenters. The Morgan fingerprint density at radius 3 is 2.48 bits per heavy atom. The van der Waals surface area contributed by atoms with Crippen LogP contribution in [0.2, 0.25) is 0 Å². The van der Waals surface area contributed by atoms with Gasteiger partial charge in [-0.2, -0.15) is 0 Å². The molecule has 2 aromatic rings. The fourth-order valence-corrected chi connectivity index (χ4v) is 2.03. The molecule has 0 saturated carbocycles. The predicted octanol–water partition coefficient (Wildman–Crippen LogP) is 3.15. The van der Waals surface area contributed by atoms with E-state index in [-0.39, 0.29) is 17.6 Å². The summed E-state index contributed by atoms with van der Waals surface area (Å²) in [6, 6.07) is 13.4. The highest BCUT2D eigenvalue weighted by Gasteiger charge is 2.07. The minimum absolute atomic E-state index is 0.0274. The van der Waals surface area contributed by atoms with Crippen LogP contribution in [0, 0.1) is 5.82 Å². The quantitative estimate of drug-likeness (QED) is 0.793. The van der Waals surface area contributed by atoms with Gasteiger partial charge in [0, 0.05) is 19.2 Å². The van der Waals surface area contributed by atoms with Crippen LogP contribution in [0.4, 0.5) is 20.6 Å². The van der Waals surface area contributed by atoms with Gasteiger partial charge in [-0.25, -0.2) is 9.18 Å². The van der Waals surface area contributed by atoms with E-state index in [1.165, 1.54) is 25.1 Å². The average molecular weight is 315 g/mol. The number of hydrogen-bond donors (Lipinski definition) is 3. The van der Waals surface area contributed by atoms with Gasteiger partial charge in [0.15, 0.2) is 0 Å². The first-order valence-corrected chi connectivity index (χ1v) is 7.20. The minimum Gasteiger partial charge on any atom is -0.338 e. The van der Waals surface area contributed by atoms with Gasteiger partial charge in [-0.3, -0.25) is 4.79 Å². The molecule has 6 heteroatoms. The lowest BCUT2D eigenvalue weighted by Crippen LogP contribution is -2.30. The van der Waals surface area contributed by atoms with E-state index < -0.39 is 5.82 Å². The summed E-state index contributed by atoms with van der Waals surface area (Å²) in [4.78, 5) is 22.8. The van der Waals surface area contributed by atoms with E-state index in [1.54, 1.807) is 0 Å². The molecule has 23 heavy (non-hydrogen) atoms. The van der Waals surface area contributed by atoms with Crippen molar-refractivity contribution in [3.63, 3.8) is 0 Å². The van der Waals surface area contributed by atoms with Gasteiger partial charge in [-0.1, -0.05) is 30.3 Å². The fraction of sp³-hybridized carbons (Fsp3) is 0.176. The fourth-order valence-electron chi connectivity index (χ4n) is 2.03. The Morgan fingerprint density at radius 1 is 1.04 bits per heavy atom. The number of rotatable bonds is 5. The Labute approximate surface area is 133 Å². The molecular formula is C17H18FN3O2. The van der Waals surface area contributed by atoms with E-state index in [4.69, 9.17) is 0 Å². The average Bonchev–Trinajstić information content (AvgIpc) is 2.51. The lowest BCUT2D eigenvalue weighted by atomic mass is 10.1. The smallest absolute Gasteiger partial charge is 0.319 e. The van der Waals surface area contributed by atoms with Crippen molar-refractivity contribution in [3.8, 4) is 0 Å². The lowest BCUT2D eigenvalue weighted by molar-refractivity contribution is -0.114. The van der Waals surface area contributed by atoms with E-state index in [2.05, 4.69) is 16.0 Å². The number of halogens is 1. The van der Waals surface area contributed by atoms with E-state index in [1.807, 2.05) is 30.3 Å². The van der Waals surface area contributed by atoms with Crippen LogP contribution in [0.5, 0.6) is 0 Å². The second-order valence-corrected chi connectivity index (χ2v) is 4.99. The van der Waals surface area contributed by atoms with Crippen LogP contribution >= 0.6 is 0 Å². The summed E-state index contributed by atoms with van der Waals surface area (Å²) in [5.41, 5.74) is 1.55. The number of nitrogens with one attached hydrogen (secondary N) is 3. The summed E-state index contributed by atoms with van der Waals surface area (Å²) in [6.07, 6.45) is 0.717. The molecule has 0 fully saturated rings. The molecule has 120 valence electrons. The van der Waals surface area contributed by atoms with Crippen molar-refractivity contribution in [1.82, 2.24) is 5.32 Å². The molecule has 2 aromatic carbocycles. The highest BCUT2D eigenvalue weighted by atomic mass is 19.1. The molecule has 0 bridgehead atoms. The first-order valence-electron chi connectivity index (χ1n) is 7.20. The molecule has 0 aliphatic heterocycles. The molecular weight excluding hydrogens is 297 g/mol. The van der Waals surface area contributed by atoms with Crippen molar-refractivity contribution < 1.29 is 14.0 Å². The number of carbonyl (C=O) groups is 2. The van der Waals surface area contributed by atoms with Crippen LogP contribution in [-0.4, -0.2) is 18.5 Å². The standard InChI is InChI=1S/C17H18FN3O2/c1-12(22)20-16-11-14(7-8-15(16)18)21-17(23)19-10-9-13-5-3-2-4-6-13/h2-8,11H,9-10H2,1H3,(H,20,22)(H2,19,21,23). The van der Waals surface area contributed by atoms with E-state index in [0.29, 0.717) is 12.2 Å². The number of amides is 3. The van der Waals surface area contributed by atoms with Gasteiger partial charge in [-0.15, -0.1) is 0 Å². The number of benzene rings is 2. The van der Waals surface area contributed by atoms with Crippen molar-refractivity contribution >= 4 is 23.3 Å².